The Morgan fingerprint density at radius 3 is 3.13 bits per heavy atom. The lowest BCUT2D eigenvalue weighted by Crippen LogP contribution is -2.38. The third-order valence-electron chi connectivity index (χ3n) is 5.05. The normalized spacial score (nSPS) is 23.9. The van der Waals surface area contributed by atoms with Gasteiger partial charge in [0.1, 0.15) is 0 Å². The fourth-order valence-corrected chi connectivity index (χ4v) is 3.95. The minimum Gasteiger partial charge on any atom is -0.376 e. The molecule has 4 nitrogen and oxygen atoms in total. The van der Waals surface area contributed by atoms with E-state index < -0.39 is 0 Å². The van der Waals surface area contributed by atoms with Gasteiger partial charge in [-0.15, -0.1) is 0 Å². The Morgan fingerprint density at radius 2 is 2.30 bits per heavy atom. The molecule has 1 aromatic carbocycles. The van der Waals surface area contributed by atoms with Gasteiger partial charge in [-0.1, -0.05) is 11.6 Å². The molecule has 0 radical (unpaired) electrons. The largest absolute Gasteiger partial charge is 0.376 e. The second-order valence-electron chi connectivity index (χ2n) is 6.59. The predicted molar refractivity (Wildman–Crippen MR) is 90.8 cm³/mol. The number of amides is 1. The number of ether oxygens (including phenoxy) is 1. The zero-order chi connectivity index (χ0) is 15.8. The number of hydrogen-bond donors (Lipinski definition) is 2. The van der Waals surface area contributed by atoms with E-state index in [-0.39, 0.29) is 17.9 Å². The van der Waals surface area contributed by atoms with Crippen LogP contribution in [0.5, 0.6) is 0 Å². The Morgan fingerprint density at radius 1 is 1.39 bits per heavy atom. The molecule has 4 rings (SSSR count). The first-order valence-electron chi connectivity index (χ1n) is 8.39. The molecule has 0 spiro atoms. The summed E-state index contributed by atoms with van der Waals surface area (Å²) in [4.78, 5) is 16.0. The Labute approximate surface area is 140 Å². The zero-order valence-electron chi connectivity index (χ0n) is 13.0. The molecule has 2 atom stereocenters. The van der Waals surface area contributed by atoms with Gasteiger partial charge in [-0.05, 0) is 55.9 Å². The number of carbonyl (C=O) groups is 1. The highest BCUT2D eigenvalue weighted by Gasteiger charge is 2.28. The van der Waals surface area contributed by atoms with Crippen LogP contribution in [-0.4, -0.2) is 30.1 Å². The number of hydrogen-bond acceptors (Lipinski definition) is 2. The summed E-state index contributed by atoms with van der Waals surface area (Å²) in [6.07, 6.45) is 4.95. The number of fused-ring (bicyclic) bond motifs is 3. The van der Waals surface area contributed by atoms with Crippen molar-refractivity contribution in [2.75, 3.05) is 13.2 Å². The quantitative estimate of drug-likeness (QED) is 0.906. The standard InChI is InChI=1S/C18H21ClN2O2/c19-12-4-6-17-15(9-12)14-8-11(3-5-16(14)21-17)18(22)20-10-13-2-1-7-23-13/h4,6,9,11,13,21H,1-3,5,7-8,10H2,(H,20,22). The molecule has 23 heavy (non-hydrogen) atoms. The van der Waals surface area contributed by atoms with Crippen LogP contribution in [0.2, 0.25) is 5.02 Å². The zero-order valence-corrected chi connectivity index (χ0v) is 13.8. The predicted octanol–water partition coefficient (Wildman–Crippen LogP) is 3.22. The molecule has 5 heteroatoms. The second-order valence-corrected chi connectivity index (χ2v) is 7.03. The number of aryl methyl sites for hydroxylation is 1. The van der Waals surface area contributed by atoms with Crippen LogP contribution in [0.4, 0.5) is 0 Å². The Kier molecular flexibility index (Phi) is 4.04. The molecular formula is C18H21ClN2O2. The van der Waals surface area contributed by atoms with Gasteiger partial charge < -0.3 is 15.0 Å². The summed E-state index contributed by atoms with van der Waals surface area (Å²) < 4.78 is 5.57. The van der Waals surface area contributed by atoms with Gasteiger partial charge in [-0.25, -0.2) is 0 Å². The van der Waals surface area contributed by atoms with Crippen LogP contribution in [0, 0.1) is 5.92 Å². The van der Waals surface area contributed by atoms with E-state index in [1.807, 2.05) is 18.2 Å². The fourth-order valence-electron chi connectivity index (χ4n) is 3.78. The van der Waals surface area contributed by atoms with E-state index in [1.165, 1.54) is 11.3 Å². The van der Waals surface area contributed by atoms with Gasteiger partial charge in [0.05, 0.1) is 6.10 Å². The molecule has 122 valence electrons. The minimum atomic E-state index is 0.0434. The van der Waals surface area contributed by atoms with Crippen LogP contribution in [0.1, 0.15) is 30.5 Å². The summed E-state index contributed by atoms with van der Waals surface area (Å²) in [5.41, 5.74) is 3.62. The third kappa shape index (κ3) is 2.98. The summed E-state index contributed by atoms with van der Waals surface area (Å²) in [7, 11) is 0. The Hall–Kier alpha value is -1.52. The Balaban J connectivity index is 1.47. The minimum absolute atomic E-state index is 0.0434. The number of carbonyl (C=O) groups excluding carboxylic acids is 1. The average molecular weight is 333 g/mol. The molecule has 1 aromatic heterocycles. The number of halogens is 1. The maximum absolute atomic E-state index is 12.5. The van der Waals surface area contributed by atoms with Crippen molar-refractivity contribution in [1.82, 2.24) is 10.3 Å². The number of benzene rings is 1. The lowest BCUT2D eigenvalue weighted by atomic mass is 9.86. The highest BCUT2D eigenvalue weighted by atomic mass is 35.5. The van der Waals surface area contributed by atoms with E-state index in [9.17, 15) is 4.79 Å². The van der Waals surface area contributed by atoms with Crippen LogP contribution < -0.4 is 5.32 Å². The van der Waals surface area contributed by atoms with Crippen molar-refractivity contribution in [2.45, 2.75) is 38.2 Å². The van der Waals surface area contributed by atoms with Crippen LogP contribution in [0.15, 0.2) is 18.2 Å². The molecule has 0 saturated carbocycles. The molecule has 2 N–H and O–H groups in total. The van der Waals surface area contributed by atoms with E-state index in [0.29, 0.717) is 6.54 Å². The maximum Gasteiger partial charge on any atom is 0.223 e. The first-order valence-corrected chi connectivity index (χ1v) is 8.77. The molecule has 0 bridgehead atoms. The molecule has 1 saturated heterocycles. The molecule has 1 aliphatic heterocycles. The second kappa shape index (κ2) is 6.17. The van der Waals surface area contributed by atoms with Crippen molar-refractivity contribution < 1.29 is 9.53 Å². The topological polar surface area (TPSA) is 54.1 Å². The monoisotopic (exact) mass is 332 g/mol. The number of rotatable bonds is 3. The highest BCUT2D eigenvalue weighted by Crippen LogP contribution is 2.33. The average Bonchev–Trinajstić information content (AvgIpc) is 3.19. The Bertz CT molecular complexity index is 734. The van der Waals surface area contributed by atoms with Gasteiger partial charge in [-0.2, -0.15) is 0 Å². The van der Waals surface area contributed by atoms with Crippen molar-refractivity contribution in [2.24, 2.45) is 5.92 Å². The van der Waals surface area contributed by atoms with E-state index in [0.717, 1.165) is 54.6 Å². The molecule has 2 unspecified atom stereocenters. The molecule has 1 amide bonds. The number of H-pyrrole nitrogens is 1. The van der Waals surface area contributed by atoms with Gasteiger partial charge >= 0.3 is 0 Å². The third-order valence-corrected chi connectivity index (χ3v) is 5.28. The van der Waals surface area contributed by atoms with Crippen LogP contribution >= 0.6 is 11.6 Å². The van der Waals surface area contributed by atoms with E-state index in [2.05, 4.69) is 10.3 Å². The summed E-state index contributed by atoms with van der Waals surface area (Å²) in [5, 5.41) is 4.97. The first kappa shape index (κ1) is 15.0. The van der Waals surface area contributed by atoms with E-state index in [1.54, 1.807) is 0 Å². The lowest BCUT2D eigenvalue weighted by molar-refractivity contribution is -0.125. The molecule has 1 fully saturated rings. The summed E-state index contributed by atoms with van der Waals surface area (Å²) >= 11 is 6.13. The van der Waals surface area contributed by atoms with Crippen molar-refractivity contribution in [3.8, 4) is 0 Å². The molecule has 2 aromatic rings. The van der Waals surface area contributed by atoms with Gasteiger partial charge in [0.25, 0.3) is 0 Å². The summed E-state index contributed by atoms with van der Waals surface area (Å²) in [6.45, 7) is 1.46. The maximum atomic E-state index is 12.5. The van der Waals surface area contributed by atoms with Crippen molar-refractivity contribution in [1.29, 1.82) is 0 Å². The fraction of sp³-hybridized carbons (Fsp3) is 0.500. The van der Waals surface area contributed by atoms with Gasteiger partial charge in [0.2, 0.25) is 5.91 Å². The SMILES string of the molecule is O=C(NCC1CCCO1)C1CCc2[nH]c3ccc(Cl)cc3c2C1. The molecule has 2 aliphatic rings. The van der Waals surface area contributed by atoms with E-state index >= 15 is 0 Å². The van der Waals surface area contributed by atoms with E-state index in [4.69, 9.17) is 16.3 Å². The van der Waals surface area contributed by atoms with Gasteiger partial charge in [0, 0.05) is 40.7 Å². The summed E-state index contributed by atoms with van der Waals surface area (Å²) in [6, 6.07) is 5.92. The van der Waals surface area contributed by atoms with Crippen molar-refractivity contribution in [3.05, 3.63) is 34.5 Å². The first-order chi connectivity index (χ1) is 11.2. The van der Waals surface area contributed by atoms with Crippen LogP contribution in [0.25, 0.3) is 10.9 Å². The van der Waals surface area contributed by atoms with Gasteiger partial charge in [-0.3, -0.25) is 4.79 Å². The van der Waals surface area contributed by atoms with Gasteiger partial charge in [0.15, 0.2) is 0 Å². The smallest absolute Gasteiger partial charge is 0.223 e. The molecule has 2 heterocycles. The van der Waals surface area contributed by atoms with Crippen molar-refractivity contribution >= 4 is 28.4 Å². The highest BCUT2D eigenvalue weighted by molar-refractivity contribution is 6.31. The van der Waals surface area contributed by atoms with Crippen LogP contribution in [-0.2, 0) is 22.4 Å². The number of nitrogens with one attached hydrogen (secondary N) is 2. The van der Waals surface area contributed by atoms with Crippen LogP contribution in [0.3, 0.4) is 0 Å². The lowest BCUT2D eigenvalue weighted by Gasteiger charge is -2.22. The number of aromatic amines is 1. The molecular weight excluding hydrogens is 312 g/mol. The summed E-state index contributed by atoms with van der Waals surface area (Å²) in [5.74, 6) is 0.199. The number of aromatic nitrogens is 1. The molecule has 1 aliphatic carbocycles. The van der Waals surface area contributed by atoms with Crippen molar-refractivity contribution in [3.63, 3.8) is 0 Å².